The van der Waals surface area contributed by atoms with Crippen molar-refractivity contribution in [2.45, 2.75) is 26.6 Å². The monoisotopic (exact) mass is 300 g/mol. The molecule has 0 bridgehead atoms. The van der Waals surface area contributed by atoms with Crippen molar-refractivity contribution in [3.63, 3.8) is 0 Å². The first-order chi connectivity index (χ1) is 9.58. The Hall–Kier alpha value is -1.75. The lowest BCUT2D eigenvalue weighted by Crippen LogP contribution is -2.03. The lowest BCUT2D eigenvalue weighted by atomic mass is 10.2. The van der Waals surface area contributed by atoms with Crippen LogP contribution in [0.4, 0.5) is 14.5 Å². The van der Waals surface area contributed by atoms with Crippen LogP contribution in [0.1, 0.15) is 12.5 Å². The Morgan fingerprint density at radius 2 is 2.15 bits per heavy atom. The smallest absolute Gasteiger partial charge is 0.387 e. The molecule has 20 heavy (non-hydrogen) atoms. The summed E-state index contributed by atoms with van der Waals surface area (Å²) in [4.78, 5) is 0. The fourth-order valence-corrected chi connectivity index (χ4v) is 2.02. The quantitative estimate of drug-likeness (QED) is 0.857. The molecule has 0 radical (unpaired) electrons. The third kappa shape index (κ3) is 3.87. The standard InChI is InChI=1S/C14H15ClF2N2O/c1-2-19-6-5-10(9-19)8-18-11-3-4-13(12(15)7-11)20-14(16)17/h3-7,9,14,18H,2,8H2,1H3. The highest BCUT2D eigenvalue weighted by atomic mass is 35.5. The first-order valence-electron chi connectivity index (χ1n) is 6.21. The third-order valence-corrected chi connectivity index (χ3v) is 3.12. The van der Waals surface area contributed by atoms with Crippen molar-refractivity contribution in [3.05, 3.63) is 47.2 Å². The second kappa shape index (κ2) is 6.61. The Bertz CT molecular complexity index is 572. The second-order valence-electron chi connectivity index (χ2n) is 4.23. The van der Waals surface area contributed by atoms with Gasteiger partial charge in [-0.1, -0.05) is 11.6 Å². The summed E-state index contributed by atoms with van der Waals surface area (Å²) in [5, 5.41) is 3.33. The molecule has 1 heterocycles. The second-order valence-corrected chi connectivity index (χ2v) is 4.63. The van der Waals surface area contributed by atoms with E-state index in [0.717, 1.165) is 17.8 Å². The van der Waals surface area contributed by atoms with Crippen LogP contribution in [0.3, 0.4) is 0 Å². The van der Waals surface area contributed by atoms with E-state index in [1.54, 1.807) is 12.1 Å². The zero-order valence-corrected chi connectivity index (χ0v) is 11.7. The number of nitrogens with zero attached hydrogens (tertiary/aromatic N) is 1. The lowest BCUT2D eigenvalue weighted by molar-refractivity contribution is -0.0497. The number of ether oxygens (including phenoxy) is 1. The topological polar surface area (TPSA) is 26.2 Å². The van der Waals surface area contributed by atoms with Crippen molar-refractivity contribution < 1.29 is 13.5 Å². The van der Waals surface area contributed by atoms with Crippen LogP contribution in [0.2, 0.25) is 5.02 Å². The molecule has 0 saturated carbocycles. The molecule has 1 N–H and O–H groups in total. The van der Waals surface area contributed by atoms with E-state index in [4.69, 9.17) is 11.6 Å². The summed E-state index contributed by atoms with van der Waals surface area (Å²) in [7, 11) is 0. The Kier molecular flexibility index (Phi) is 4.84. The van der Waals surface area contributed by atoms with E-state index in [1.165, 1.54) is 6.07 Å². The molecular weight excluding hydrogens is 286 g/mol. The van der Waals surface area contributed by atoms with Crippen molar-refractivity contribution >= 4 is 17.3 Å². The number of hydrogen-bond donors (Lipinski definition) is 1. The molecule has 0 amide bonds. The summed E-state index contributed by atoms with van der Waals surface area (Å²) < 4.78 is 30.6. The first kappa shape index (κ1) is 14.7. The zero-order chi connectivity index (χ0) is 14.5. The molecule has 0 aliphatic carbocycles. The highest BCUT2D eigenvalue weighted by Gasteiger charge is 2.09. The van der Waals surface area contributed by atoms with E-state index < -0.39 is 6.61 Å². The van der Waals surface area contributed by atoms with Crippen LogP contribution in [0.5, 0.6) is 5.75 Å². The van der Waals surface area contributed by atoms with Gasteiger partial charge in [0.25, 0.3) is 0 Å². The van der Waals surface area contributed by atoms with Gasteiger partial charge >= 0.3 is 6.61 Å². The minimum Gasteiger partial charge on any atom is -0.433 e. The van der Waals surface area contributed by atoms with E-state index in [1.807, 2.05) is 18.5 Å². The fraction of sp³-hybridized carbons (Fsp3) is 0.286. The Morgan fingerprint density at radius 3 is 2.75 bits per heavy atom. The van der Waals surface area contributed by atoms with Gasteiger partial charge in [-0.05, 0) is 36.8 Å². The number of halogens is 3. The normalized spacial score (nSPS) is 10.8. The molecule has 2 rings (SSSR count). The number of alkyl halides is 2. The van der Waals surface area contributed by atoms with E-state index in [9.17, 15) is 8.78 Å². The average molecular weight is 301 g/mol. The molecule has 0 unspecified atom stereocenters. The van der Waals surface area contributed by atoms with Crippen LogP contribution in [0, 0.1) is 0 Å². The molecule has 1 aromatic carbocycles. The molecule has 0 aliphatic heterocycles. The van der Waals surface area contributed by atoms with Gasteiger partial charge < -0.3 is 14.6 Å². The van der Waals surface area contributed by atoms with Gasteiger partial charge in [-0.3, -0.25) is 0 Å². The van der Waals surface area contributed by atoms with Crippen molar-refractivity contribution in [2.75, 3.05) is 5.32 Å². The zero-order valence-electron chi connectivity index (χ0n) is 10.9. The fourth-order valence-electron chi connectivity index (χ4n) is 1.80. The van der Waals surface area contributed by atoms with Crippen molar-refractivity contribution in [3.8, 4) is 5.75 Å². The van der Waals surface area contributed by atoms with Gasteiger partial charge in [-0.2, -0.15) is 8.78 Å². The Labute approximate surface area is 121 Å². The van der Waals surface area contributed by atoms with Crippen LogP contribution in [0.25, 0.3) is 0 Å². The molecule has 0 fully saturated rings. The third-order valence-electron chi connectivity index (χ3n) is 2.82. The van der Waals surface area contributed by atoms with Crippen LogP contribution in [-0.4, -0.2) is 11.2 Å². The van der Waals surface area contributed by atoms with E-state index in [2.05, 4.69) is 21.5 Å². The summed E-state index contributed by atoms with van der Waals surface area (Å²) in [5.74, 6) is -0.0237. The number of hydrogen-bond acceptors (Lipinski definition) is 2. The predicted molar refractivity (Wildman–Crippen MR) is 75.5 cm³/mol. The minimum atomic E-state index is -2.87. The molecular formula is C14H15ClF2N2O. The molecule has 0 aliphatic rings. The number of anilines is 1. The first-order valence-corrected chi connectivity index (χ1v) is 6.59. The minimum absolute atomic E-state index is 0.0237. The van der Waals surface area contributed by atoms with Crippen LogP contribution < -0.4 is 10.1 Å². The molecule has 0 atom stereocenters. The van der Waals surface area contributed by atoms with Gasteiger partial charge in [0.1, 0.15) is 5.75 Å². The molecule has 3 nitrogen and oxygen atoms in total. The summed E-state index contributed by atoms with van der Waals surface area (Å²) in [6.07, 6.45) is 4.05. The SMILES string of the molecule is CCn1ccc(CNc2ccc(OC(F)F)c(Cl)c2)c1. The number of rotatable bonds is 6. The molecule has 1 aromatic heterocycles. The van der Waals surface area contributed by atoms with Crippen LogP contribution in [-0.2, 0) is 13.1 Å². The largest absolute Gasteiger partial charge is 0.433 e. The summed E-state index contributed by atoms with van der Waals surface area (Å²) in [5.41, 5.74) is 1.89. The summed E-state index contributed by atoms with van der Waals surface area (Å²) in [6, 6.07) is 6.66. The van der Waals surface area contributed by atoms with E-state index in [-0.39, 0.29) is 10.8 Å². The van der Waals surface area contributed by atoms with Gasteiger partial charge in [-0.15, -0.1) is 0 Å². The van der Waals surface area contributed by atoms with Gasteiger partial charge in [0, 0.05) is 31.2 Å². The van der Waals surface area contributed by atoms with Crippen molar-refractivity contribution in [1.82, 2.24) is 4.57 Å². The van der Waals surface area contributed by atoms with Crippen LogP contribution >= 0.6 is 11.6 Å². The van der Waals surface area contributed by atoms with E-state index in [0.29, 0.717) is 6.54 Å². The predicted octanol–water partition coefficient (Wildman–Crippen LogP) is 4.37. The van der Waals surface area contributed by atoms with Crippen LogP contribution in [0.15, 0.2) is 36.7 Å². The Morgan fingerprint density at radius 1 is 1.35 bits per heavy atom. The van der Waals surface area contributed by atoms with Gasteiger partial charge in [0.2, 0.25) is 0 Å². The molecule has 108 valence electrons. The molecule has 2 aromatic rings. The number of benzene rings is 1. The molecule has 0 spiro atoms. The maximum Gasteiger partial charge on any atom is 0.387 e. The molecule has 0 saturated heterocycles. The Balaban J connectivity index is 1.97. The lowest BCUT2D eigenvalue weighted by Gasteiger charge is -2.09. The average Bonchev–Trinajstić information content (AvgIpc) is 2.87. The van der Waals surface area contributed by atoms with Crippen molar-refractivity contribution in [2.24, 2.45) is 0 Å². The van der Waals surface area contributed by atoms with Gasteiger partial charge in [0.05, 0.1) is 5.02 Å². The number of nitrogens with one attached hydrogen (secondary N) is 1. The van der Waals surface area contributed by atoms with Gasteiger partial charge in [0.15, 0.2) is 0 Å². The summed E-state index contributed by atoms with van der Waals surface area (Å²) in [6.45, 7) is 0.753. The maximum absolute atomic E-state index is 12.1. The van der Waals surface area contributed by atoms with E-state index >= 15 is 0 Å². The number of aromatic nitrogens is 1. The van der Waals surface area contributed by atoms with Crippen molar-refractivity contribution in [1.29, 1.82) is 0 Å². The number of aryl methyl sites for hydroxylation is 1. The summed E-state index contributed by atoms with van der Waals surface area (Å²) >= 11 is 5.88. The highest BCUT2D eigenvalue weighted by Crippen LogP contribution is 2.29. The maximum atomic E-state index is 12.1. The molecule has 6 heteroatoms. The highest BCUT2D eigenvalue weighted by molar-refractivity contribution is 6.32. The van der Waals surface area contributed by atoms with Gasteiger partial charge in [-0.25, -0.2) is 0 Å².